The molecule has 0 unspecified atom stereocenters. The molecule has 0 saturated heterocycles. The summed E-state index contributed by atoms with van der Waals surface area (Å²) in [6, 6.07) is 16.0. The second kappa shape index (κ2) is 6.10. The van der Waals surface area contributed by atoms with Crippen molar-refractivity contribution in [2.24, 2.45) is 0 Å². The normalized spacial score (nSPS) is 11.4. The third-order valence-corrected chi connectivity index (χ3v) is 3.27. The minimum Gasteiger partial charge on any atom is -0.489 e. The summed E-state index contributed by atoms with van der Waals surface area (Å²) in [5, 5.41) is 9.29. The topological polar surface area (TPSA) is 29.5 Å². The Bertz CT molecular complexity index is 553. The summed E-state index contributed by atoms with van der Waals surface area (Å²) in [7, 11) is 0. The van der Waals surface area contributed by atoms with Crippen LogP contribution in [0.4, 0.5) is 0 Å². The Kier molecular flexibility index (Phi) is 4.46. The highest BCUT2D eigenvalue weighted by Gasteiger charge is 2.19. The lowest BCUT2D eigenvalue weighted by Crippen LogP contribution is -2.14. The molecule has 0 radical (unpaired) electrons. The van der Waals surface area contributed by atoms with E-state index in [4.69, 9.17) is 4.74 Å². The molecule has 0 atom stereocenters. The van der Waals surface area contributed by atoms with Gasteiger partial charge in [0.05, 0.1) is 6.61 Å². The molecule has 0 heterocycles. The number of hydrogen-bond donors (Lipinski definition) is 1. The maximum absolute atomic E-state index is 9.29. The average molecular weight is 270 g/mol. The van der Waals surface area contributed by atoms with Gasteiger partial charge in [-0.05, 0) is 34.2 Å². The Hall–Kier alpha value is -1.80. The van der Waals surface area contributed by atoms with Gasteiger partial charge in [0.15, 0.2) is 0 Å². The SMILES string of the molecule is CC(C)(C)c1cc(CO)ccc1OCc1ccccc1. The molecule has 0 spiro atoms. The Morgan fingerprint density at radius 1 is 0.950 bits per heavy atom. The van der Waals surface area contributed by atoms with E-state index in [1.807, 2.05) is 36.4 Å². The fraction of sp³-hybridized carbons (Fsp3) is 0.333. The van der Waals surface area contributed by atoms with Gasteiger partial charge in [-0.2, -0.15) is 0 Å². The molecule has 2 rings (SSSR count). The van der Waals surface area contributed by atoms with Gasteiger partial charge in [0.2, 0.25) is 0 Å². The van der Waals surface area contributed by atoms with Crippen molar-refractivity contribution in [1.29, 1.82) is 0 Å². The maximum atomic E-state index is 9.29. The molecule has 0 saturated carbocycles. The molecule has 0 bridgehead atoms. The van der Waals surface area contributed by atoms with E-state index >= 15 is 0 Å². The van der Waals surface area contributed by atoms with E-state index in [9.17, 15) is 5.11 Å². The molecule has 20 heavy (non-hydrogen) atoms. The second-order valence-electron chi connectivity index (χ2n) is 6.01. The molecule has 0 amide bonds. The van der Waals surface area contributed by atoms with Gasteiger partial charge in [-0.1, -0.05) is 57.2 Å². The maximum Gasteiger partial charge on any atom is 0.123 e. The predicted octanol–water partition coefficient (Wildman–Crippen LogP) is 4.06. The molecular formula is C18H22O2. The highest BCUT2D eigenvalue weighted by molar-refractivity contribution is 5.41. The van der Waals surface area contributed by atoms with Gasteiger partial charge in [-0.15, -0.1) is 0 Å². The first-order chi connectivity index (χ1) is 9.50. The molecule has 1 N–H and O–H groups in total. The Labute approximate surface area is 121 Å². The summed E-state index contributed by atoms with van der Waals surface area (Å²) >= 11 is 0. The third kappa shape index (κ3) is 3.61. The molecule has 2 aromatic carbocycles. The van der Waals surface area contributed by atoms with Crippen LogP contribution in [-0.4, -0.2) is 5.11 Å². The molecule has 0 aliphatic rings. The van der Waals surface area contributed by atoms with Crippen LogP contribution in [0.3, 0.4) is 0 Å². The number of aliphatic hydroxyl groups excluding tert-OH is 1. The van der Waals surface area contributed by atoms with Crippen molar-refractivity contribution in [2.45, 2.75) is 39.4 Å². The van der Waals surface area contributed by atoms with Gasteiger partial charge in [-0.25, -0.2) is 0 Å². The largest absolute Gasteiger partial charge is 0.489 e. The van der Waals surface area contributed by atoms with E-state index in [1.165, 1.54) is 0 Å². The van der Waals surface area contributed by atoms with Crippen molar-refractivity contribution < 1.29 is 9.84 Å². The molecule has 2 aromatic rings. The lowest BCUT2D eigenvalue weighted by Gasteiger charge is -2.23. The molecule has 0 aromatic heterocycles. The summed E-state index contributed by atoms with van der Waals surface area (Å²) in [5.74, 6) is 0.888. The summed E-state index contributed by atoms with van der Waals surface area (Å²) in [5.41, 5.74) is 3.18. The fourth-order valence-corrected chi connectivity index (χ4v) is 2.12. The van der Waals surface area contributed by atoms with Crippen molar-refractivity contribution >= 4 is 0 Å². The monoisotopic (exact) mass is 270 g/mol. The van der Waals surface area contributed by atoms with Crippen LogP contribution in [-0.2, 0) is 18.6 Å². The minimum absolute atomic E-state index is 0.0167. The molecule has 0 aliphatic heterocycles. The summed E-state index contributed by atoms with van der Waals surface area (Å²) in [6.07, 6.45) is 0. The van der Waals surface area contributed by atoms with E-state index in [2.05, 4.69) is 32.9 Å². The molecule has 2 heteroatoms. The minimum atomic E-state index is -0.0167. The van der Waals surface area contributed by atoms with Crippen molar-refractivity contribution in [3.05, 3.63) is 65.2 Å². The predicted molar refractivity (Wildman–Crippen MR) is 81.8 cm³/mol. The fourth-order valence-electron chi connectivity index (χ4n) is 2.12. The quantitative estimate of drug-likeness (QED) is 0.908. The first kappa shape index (κ1) is 14.6. The van der Waals surface area contributed by atoms with E-state index < -0.39 is 0 Å². The number of rotatable bonds is 4. The Morgan fingerprint density at radius 2 is 1.65 bits per heavy atom. The Balaban J connectivity index is 2.23. The van der Waals surface area contributed by atoms with Crippen LogP contribution >= 0.6 is 0 Å². The van der Waals surface area contributed by atoms with Crippen LogP contribution in [0.2, 0.25) is 0 Å². The van der Waals surface area contributed by atoms with E-state index in [0.717, 1.165) is 22.4 Å². The number of hydrogen-bond acceptors (Lipinski definition) is 2. The van der Waals surface area contributed by atoms with Gasteiger partial charge in [-0.3, -0.25) is 0 Å². The third-order valence-electron chi connectivity index (χ3n) is 3.27. The highest BCUT2D eigenvalue weighted by atomic mass is 16.5. The molecule has 0 fully saturated rings. The van der Waals surface area contributed by atoms with Crippen molar-refractivity contribution in [2.75, 3.05) is 0 Å². The molecule has 106 valence electrons. The smallest absolute Gasteiger partial charge is 0.123 e. The lowest BCUT2D eigenvalue weighted by molar-refractivity contribution is 0.279. The van der Waals surface area contributed by atoms with E-state index in [0.29, 0.717) is 6.61 Å². The standard InChI is InChI=1S/C18H22O2/c1-18(2,3)16-11-15(12-19)9-10-17(16)20-13-14-7-5-4-6-8-14/h4-11,19H,12-13H2,1-3H3. The van der Waals surface area contributed by atoms with Gasteiger partial charge in [0, 0.05) is 0 Å². The first-order valence-corrected chi connectivity index (χ1v) is 6.91. The first-order valence-electron chi connectivity index (χ1n) is 6.91. The van der Waals surface area contributed by atoms with Crippen LogP contribution in [0.5, 0.6) is 5.75 Å². The zero-order chi connectivity index (χ0) is 14.6. The van der Waals surface area contributed by atoms with Crippen LogP contribution in [0.1, 0.15) is 37.5 Å². The number of benzene rings is 2. The zero-order valence-electron chi connectivity index (χ0n) is 12.4. The van der Waals surface area contributed by atoms with Crippen molar-refractivity contribution in [3.8, 4) is 5.75 Å². The van der Waals surface area contributed by atoms with Crippen LogP contribution in [0.15, 0.2) is 48.5 Å². The van der Waals surface area contributed by atoms with E-state index in [-0.39, 0.29) is 12.0 Å². The van der Waals surface area contributed by atoms with Crippen molar-refractivity contribution in [3.63, 3.8) is 0 Å². The average Bonchev–Trinajstić information content (AvgIpc) is 2.45. The number of ether oxygens (including phenoxy) is 1. The summed E-state index contributed by atoms with van der Waals surface area (Å²) < 4.78 is 5.97. The van der Waals surface area contributed by atoms with E-state index in [1.54, 1.807) is 0 Å². The summed E-state index contributed by atoms with van der Waals surface area (Å²) in [4.78, 5) is 0. The van der Waals surface area contributed by atoms with Gasteiger partial charge in [0.1, 0.15) is 12.4 Å². The van der Waals surface area contributed by atoms with Gasteiger partial charge >= 0.3 is 0 Å². The zero-order valence-corrected chi connectivity index (χ0v) is 12.4. The summed E-state index contributed by atoms with van der Waals surface area (Å²) in [6.45, 7) is 7.07. The number of aliphatic hydroxyl groups is 1. The van der Waals surface area contributed by atoms with Gasteiger partial charge in [0.25, 0.3) is 0 Å². The molecular weight excluding hydrogens is 248 g/mol. The lowest BCUT2D eigenvalue weighted by atomic mass is 9.85. The molecule has 2 nitrogen and oxygen atoms in total. The van der Waals surface area contributed by atoms with Gasteiger partial charge < -0.3 is 9.84 Å². The Morgan fingerprint density at radius 3 is 2.25 bits per heavy atom. The van der Waals surface area contributed by atoms with Crippen LogP contribution in [0, 0.1) is 0 Å². The van der Waals surface area contributed by atoms with Crippen LogP contribution < -0.4 is 4.74 Å². The second-order valence-corrected chi connectivity index (χ2v) is 6.01. The molecule has 0 aliphatic carbocycles. The van der Waals surface area contributed by atoms with Crippen molar-refractivity contribution in [1.82, 2.24) is 0 Å². The highest BCUT2D eigenvalue weighted by Crippen LogP contribution is 2.32. The van der Waals surface area contributed by atoms with Crippen LogP contribution in [0.25, 0.3) is 0 Å².